The third kappa shape index (κ3) is 3.40. The molecule has 0 amide bonds. The average Bonchev–Trinajstić information content (AvgIpc) is 3.49. The monoisotopic (exact) mass is 487 g/mol. The summed E-state index contributed by atoms with van der Waals surface area (Å²) in [5.74, 6) is -1.89. The highest BCUT2D eigenvalue weighted by atomic mass is 32.2. The number of aromatic nitrogens is 2. The van der Waals surface area contributed by atoms with Gasteiger partial charge in [-0.1, -0.05) is 6.07 Å². The second kappa shape index (κ2) is 7.53. The molecule has 5 rings (SSSR count). The van der Waals surface area contributed by atoms with Crippen molar-refractivity contribution in [2.75, 3.05) is 11.4 Å². The van der Waals surface area contributed by atoms with Gasteiger partial charge in [-0.15, -0.1) is 0 Å². The maximum Gasteiger partial charge on any atom is 0.268 e. The van der Waals surface area contributed by atoms with Crippen LogP contribution in [0.15, 0.2) is 41.4 Å². The molecule has 1 fully saturated rings. The summed E-state index contributed by atoms with van der Waals surface area (Å²) >= 11 is 0. The van der Waals surface area contributed by atoms with Crippen LogP contribution >= 0.6 is 0 Å². The maximum atomic E-state index is 14.6. The zero-order valence-corrected chi connectivity index (χ0v) is 20.6. The molecule has 0 N–H and O–H groups in total. The second-order valence-corrected chi connectivity index (χ2v) is 11.8. The van der Waals surface area contributed by atoms with Gasteiger partial charge in [0.1, 0.15) is 10.6 Å². The van der Waals surface area contributed by atoms with Gasteiger partial charge >= 0.3 is 0 Å². The Labute approximate surface area is 198 Å². The molecule has 2 aliphatic rings. The summed E-state index contributed by atoms with van der Waals surface area (Å²) in [6.07, 6.45) is 3.34. The lowest BCUT2D eigenvalue weighted by Crippen LogP contribution is -2.39. The molecule has 1 aliphatic carbocycles. The maximum absolute atomic E-state index is 14.6. The number of sulfonamides is 1. The highest BCUT2D eigenvalue weighted by molar-refractivity contribution is 7.93. The molecule has 0 bridgehead atoms. The zero-order chi connectivity index (χ0) is 24.6. The van der Waals surface area contributed by atoms with Gasteiger partial charge in [0.2, 0.25) is 0 Å². The van der Waals surface area contributed by atoms with Gasteiger partial charge in [-0.05, 0) is 70.2 Å². The van der Waals surface area contributed by atoms with E-state index in [4.69, 9.17) is 4.74 Å². The topological polar surface area (TPSA) is 64.4 Å². The molecule has 0 unspecified atom stereocenters. The van der Waals surface area contributed by atoms with E-state index in [1.165, 1.54) is 17.5 Å². The molecule has 3 aromatic rings. The highest BCUT2D eigenvalue weighted by Gasteiger charge is 2.49. The number of benzene rings is 2. The minimum atomic E-state index is -4.21. The minimum absolute atomic E-state index is 0.0198. The van der Waals surface area contributed by atoms with Gasteiger partial charge in [-0.25, -0.2) is 17.2 Å². The van der Waals surface area contributed by atoms with Gasteiger partial charge in [0.05, 0.1) is 36.3 Å². The van der Waals surface area contributed by atoms with Gasteiger partial charge in [0.25, 0.3) is 10.0 Å². The number of hydrogen-bond donors (Lipinski definition) is 0. The smallest absolute Gasteiger partial charge is 0.268 e. The van der Waals surface area contributed by atoms with Crippen molar-refractivity contribution < 1.29 is 21.9 Å². The molecule has 0 radical (unpaired) electrons. The average molecular weight is 488 g/mol. The summed E-state index contributed by atoms with van der Waals surface area (Å²) in [5, 5.41) is 4.57. The summed E-state index contributed by atoms with van der Waals surface area (Å²) in [6.45, 7) is 7.73. The molecular formula is C25H27F2N3O3S. The van der Waals surface area contributed by atoms with E-state index >= 15 is 0 Å². The summed E-state index contributed by atoms with van der Waals surface area (Å²) in [4.78, 5) is -0.0198. The Morgan fingerprint density at radius 3 is 2.38 bits per heavy atom. The first-order chi connectivity index (χ1) is 15.9. The summed E-state index contributed by atoms with van der Waals surface area (Å²) in [7, 11) is -2.79. The van der Waals surface area contributed by atoms with Gasteiger partial charge in [-0.2, -0.15) is 5.10 Å². The van der Waals surface area contributed by atoms with E-state index in [1.54, 1.807) is 23.0 Å². The largest absolute Gasteiger partial charge is 0.495 e. The lowest BCUT2D eigenvalue weighted by atomic mass is 9.92. The van der Waals surface area contributed by atoms with Gasteiger partial charge in [0.15, 0.2) is 11.6 Å². The number of halogens is 2. The number of fused-ring (bicyclic) bond motifs is 3. The third-order valence-corrected chi connectivity index (χ3v) is 8.29. The molecule has 9 heteroatoms. The van der Waals surface area contributed by atoms with Crippen molar-refractivity contribution in [1.82, 2.24) is 9.78 Å². The van der Waals surface area contributed by atoms with E-state index in [0.717, 1.165) is 30.5 Å². The van der Waals surface area contributed by atoms with Crippen LogP contribution in [0.2, 0.25) is 0 Å². The van der Waals surface area contributed by atoms with Crippen LogP contribution in [0.1, 0.15) is 50.8 Å². The quantitative estimate of drug-likeness (QED) is 0.483. The number of rotatable bonds is 4. The number of anilines is 1. The van der Waals surface area contributed by atoms with Crippen LogP contribution in [0.4, 0.5) is 14.5 Å². The second-order valence-electron chi connectivity index (χ2n) is 10.1. The Bertz CT molecular complexity index is 1410. The Morgan fingerprint density at radius 1 is 1.09 bits per heavy atom. The fourth-order valence-electron chi connectivity index (χ4n) is 4.77. The van der Waals surface area contributed by atoms with Crippen LogP contribution in [0.25, 0.3) is 11.3 Å². The van der Waals surface area contributed by atoms with Crippen LogP contribution < -0.4 is 9.04 Å². The number of hydrogen-bond acceptors (Lipinski definition) is 4. The van der Waals surface area contributed by atoms with Crippen molar-refractivity contribution in [3.05, 3.63) is 59.3 Å². The first kappa shape index (κ1) is 22.8. The van der Waals surface area contributed by atoms with Crippen LogP contribution in [-0.2, 0) is 15.6 Å². The molecule has 0 spiro atoms. The number of methoxy groups -OCH3 is 1. The lowest BCUT2D eigenvalue weighted by molar-refractivity contribution is 0.359. The fraction of sp³-hybridized carbons (Fsp3) is 0.400. The van der Waals surface area contributed by atoms with Gasteiger partial charge in [0, 0.05) is 17.2 Å². The molecular weight excluding hydrogens is 460 g/mol. The molecule has 1 saturated carbocycles. The molecule has 6 nitrogen and oxygen atoms in total. The van der Waals surface area contributed by atoms with Crippen molar-refractivity contribution in [3.8, 4) is 17.0 Å². The molecule has 0 saturated heterocycles. The molecule has 1 aromatic heterocycles. The Kier molecular flexibility index (Phi) is 5.06. The number of nitrogens with zero attached hydrogens (tertiary/aromatic N) is 3. The SMILES string of the molecule is COc1cc(C)ccc1S(=O)(=O)N1c2cc(F)c(F)cc2-c2c(cnn2C(C)(C)C)[C@H]1C1CC1. The zero-order valence-electron chi connectivity index (χ0n) is 19.8. The van der Waals surface area contributed by atoms with E-state index < -0.39 is 33.2 Å². The third-order valence-electron chi connectivity index (χ3n) is 6.46. The van der Waals surface area contributed by atoms with Crippen LogP contribution in [-0.4, -0.2) is 25.3 Å². The number of ether oxygens (including phenoxy) is 1. The fourth-order valence-corrected chi connectivity index (χ4v) is 6.61. The molecule has 1 aliphatic heterocycles. The lowest BCUT2D eigenvalue weighted by Gasteiger charge is -2.39. The van der Waals surface area contributed by atoms with Crippen molar-refractivity contribution in [1.29, 1.82) is 0 Å². The number of aryl methyl sites for hydroxylation is 1. The molecule has 1 atom stereocenters. The van der Waals surface area contributed by atoms with Crippen molar-refractivity contribution in [2.45, 2.75) is 57.0 Å². The Balaban J connectivity index is 1.83. The van der Waals surface area contributed by atoms with Crippen LogP contribution in [0.5, 0.6) is 5.75 Å². The van der Waals surface area contributed by atoms with E-state index in [9.17, 15) is 17.2 Å². The van der Waals surface area contributed by atoms with Crippen LogP contribution in [0.3, 0.4) is 0 Å². The van der Waals surface area contributed by atoms with Gasteiger partial charge < -0.3 is 4.74 Å². The Hall–Kier alpha value is -2.94. The molecule has 2 aromatic carbocycles. The van der Waals surface area contributed by atoms with E-state index in [-0.39, 0.29) is 22.3 Å². The van der Waals surface area contributed by atoms with E-state index in [1.807, 2.05) is 27.7 Å². The summed E-state index contributed by atoms with van der Waals surface area (Å²) in [5.41, 5.74) is 2.12. The van der Waals surface area contributed by atoms with Crippen LogP contribution in [0, 0.1) is 24.5 Å². The van der Waals surface area contributed by atoms with E-state index in [2.05, 4.69) is 5.10 Å². The predicted molar refractivity (Wildman–Crippen MR) is 125 cm³/mol. The standard InChI is InChI=1S/C25H27F2N3O3S/c1-14-6-9-22(21(10-14)33-5)34(31,32)29-20-12-19(27)18(26)11-16(20)24-17(23(29)15-7-8-15)13-28-30(24)25(2,3)4/h6,9-13,15,23H,7-8H2,1-5H3/t23-/m1/s1. The summed E-state index contributed by atoms with van der Waals surface area (Å²) < 4.78 is 65.9. The van der Waals surface area contributed by atoms with Gasteiger partial charge in [-0.3, -0.25) is 8.99 Å². The normalized spacial score (nSPS) is 18.0. The van der Waals surface area contributed by atoms with Crippen molar-refractivity contribution >= 4 is 15.7 Å². The first-order valence-electron chi connectivity index (χ1n) is 11.2. The van der Waals surface area contributed by atoms with Crippen molar-refractivity contribution in [2.24, 2.45) is 5.92 Å². The minimum Gasteiger partial charge on any atom is -0.495 e. The first-order valence-corrected chi connectivity index (χ1v) is 12.7. The molecule has 2 heterocycles. The van der Waals surface area contributed by atoms with E-state index in [0.29, 0.717) is 16.8 Å². The molecule has 180 valence electrons. The van der Waals surface area contributed by atoms with Crippen molar-refractivity contribution in [3.63, 3.8) is 0 Å². The summed E-state index contributed by atoms with van der Waals surface area (Å²) in [6, 6.07) is 6.33. The predicted octanol–water partition coefficient (Wildman–Crippen LogP) is 5.56. The molecule has 34 heavy (non-hydrogen) atoms. The Morgan fingerprint density at radius 2 is 1.76 bits per heavy atom. The highest BCUT2D eigenvalue weighted by Crippen LogP contribution is 2.56.